The maximum absolute atomic E-state index is 12.7. The Balaban J connectivity index is 1.67. The molecule has 8 nitrogen and oxygen atoms in total. The molecule has 1 heterocycles. The predicted octanol–water partition coefficient (Wildman–Crippen LogP) is 1.28. The van der Waals surface area contributed by atoms with Crippen LogP contribution in [0.1, 0.15) is 12.8 Å². The minimum absolute atomic E-state index is 0.0578. The SMILES string of the molecule is COCCN(C)C(=O)C1C=CCC(C2=NC(C(O)Nc3ccccc3)C(N)N=C2)C1. The number of rotatable bonds is 8. The molecule has 1 aliphatic carbocycles. The highest BCUT2D eigenvalue weighted by atomic mass is 16.5. The van der Waals surface area contributed by atoms with E-state index >= 15 is 0 Å². The Morgan fingerprint density at radius 2 is 2.17 bits per heavy atom. The highest BCUT2D eigenvalue weighted by molar-refractivity contribution is 6.32. The van der Waals surface area contributed by atoms with Gasteiger partial charge in [0.25, 0.3) is 0 Å². The van der Waals surface area contributed by atoms with Crippen molar-refractivity contribution < 1.29 is 14.6 Å². The molecule has 0 radical (unpaired) electrons. The quantitative estimate of drug-likeness (QED) is 0.439. The summed E-state index contributed by atoms with van der Waals surface area (Å²) < 4.78 is 5.06. The van der Waals surface area contributed by atoms with Crippen LogP contribution in [0.2, 0.25) is 0 Å². The highest BCUT2D eigenvalue weighted by Gasteiger charge is 2.33. The number of methoxy groups -OCH3 is 1. The molecule has 0 saturated heterocycles. The van der Waals surface area contributed by atoms with E-state index in [4.69, 9.17) is 15.5 Å². The fraction of sp³-hybridized carbons (Fsp3) is 0.500. The number of allylic oxidation sites excluding steroid dienone is 1. The van der Waals surface area contributed by atoms with Crippen molar-refractivity contribution in [3.05, 3.63) is 42.5 Å². The number of likely N-dealkylation sites (N-methyl/N-ethyl adjacent to an activating group) is 1. The predicted molar refractivity (Wildman–Crippen MR) is 119 cm³/mol. The second kappa shape index (κ2) is 10.5. The monoisotopic (exact) mass is 413 g/mol. The van der Waals surface area contributed by atoms with E-state index < -0.39 is 18.4 Å². The Labute approximate surface area is 177 Å². The lowest BCUT2D eigenvalue weighted by atomic mass is 9.82. The van der Waals surface area contributed by atoms with Crippen molar-refractivity contribution in [3.63, 3.8) is 0 Å². The molecule has 0 fully saturated rings. The molecule has 162 valence electrons. The molecule has 0 aromatic heterocycles. The Hall–Kier alpha value is -2.55. The third-order valence-corrected chi connectivity index (χ3v) is 5.51. The van der Waals surface area contributed by atoms with Gasteiger partial charge in [0, 0.05) is 38.5 Å². The minimum Gasteiger partial charge on any atom is -0.383 e. The number of hydrogen-bond acceptors (Lipinski definition) is 7. The molecule has 0 spiro atoms. The fourth-order valence-electron chi connectivity index (χ4n) is 3.73. The number of nitrogens with one attached hydrogen (secondary N) is 1. The lowest BCUT2D eigenvalue weighted by Gasteiger charge is -2.31. The van der Waals surface area contributed by atoms with E-state index in [0.29, 0.717) is 19.6 Å². The van der Waals surface area contributed by atoms with Crippen LogP contribution in [0.3, 0.4) is 0 Å². The smallest absolute Gasteiger partial charge is 0.229 e. The number of aliphatic hydroxyl groups excluding tert-OH is 1. The van der Waals surface area contributed by atoms with Gasteiger partial charge in [0.05, 0.1) is 18.2 Å². The fourth-order valence-corrected chi connectivity index (χ4v) is 3.73. The van der Waals surface area contributed by atoms with Crippen LogP contribution in [-0.4, -0.2) is 73.6 Å². The van der Waals surface area contributed by atoms with Gasteiger partial charge >= 0.3 is 0 Å². The average Bonchev–Trinajstić information content (AvgIpc) is 2.78. The third kappa shape index (κ3) is 5.53. The van der Waals surface area contributed by atoms with E-state index in [9.17, 15) is 9.90 Å². The van der Waals surface area contributed by atoms with Crippen LogP contribution < -0.4 is 11.1 Å². The second-order valence-electron chi connectivity index (χ2n) is 7.72. The summed E-state index contributed by atoms with van der Waals surface area (Å²) in [6.07, 6.45) is 5.53. The van der Waals surface area contributed by atoms with E-state index in [0.717, 1.165) is 17.8 Å². The summed E-state index contributed by atoms with van der Waals surface area (Å²) in [7, 11) is 3.41. The number of amides is 1. The zero-order valence-electron chi connectivity index (χ0n) is 17.5. The lowest BCUT2D eigenvalue weighted by Crippen LogP contribution is -2.47. The first-order valence-electron chi connectivity index (χ1n) is 10.3. The highest BCUT2D eigenvalue weighted by Crippen LogP contribution is 2.27. The molecule has 1 aliphatic heterocycles. The molecular formula is C22H31N5O3. The first-order chi connectivity index (χ1) is 14.5. The molecule has 0 saturated carbocycles. The van der Waals surface area contributed by atoms with Gasteiger partial charge in [-0.25, -0.2) is 0 Å². The van der Waals surface area contributed by atoms with Crippen molar-refractivity contribution in [2.45, 2.75) is 31.3 Å². The van der Waals surface area contributed by atoms with E-state index in [1.807, 2.05) is 42.5 Å². The number of aliphatic hydroxyl groups is 1. The van der Waals surface area contributed by atoms with Crippen molar-refractivity contribution in [3.8, 4) is 0 Å². The Bertz CT molecular complexity index is 795. The summed E-state index contributed by atoms with van der Waals surface area (Å²) in [5.41, 5.74) is 7.66. The van der Waals surface area contributed by atoms with Crippen LogP contribution in [0, 0.1) is 11.8 Å². The standard InChI is InChI=1S/C22H31N5O3/c1-27(11-12-30-2)22(29)16-8-6-7-15(13-16)18-14-24-20(23)19(26-18)21(28)25-17-9-4-3-5-10-17/h3-6,8-10,14-16,19-21,25,28H,7,11-13,23H2,1-2H3. The van der Waals surface area contributed by atoms with Gasteiger partial charge in [0.1, 0.15) is 12.2 Å². The summed E-state index contributed by atoms with van der Waals surface area (Å²) >= 11 is 0. The van der Waals surface area contributed by atoms with Gasteiger partial charge < -0.3 is 25.8 Å². The van der Waals surface area contributed by atoms with E-state index in [2.05, 4.69) is 10.3 Å². The second-order valence-corrected chi connectivity index (χ2v) is 7.72. The van der Waals surface area contributed by atoms with Gasteiger partial charge in [0.2, 0.25) is 5.91 Å². The number of para-hydroxylation sites is 1. The normalized spacial score (nSPS) is 26.7. The number of aliphatic imine (C=N–C) groups is 2. The Kier molecular flexibility index (Phi) is 7.73. The number of carbonyl (C=O) groups is 1. The van der Waals surface area contributed by atoms with Gasteiger partial charge in [-0.05, 0) is 25.0 Å². The number of nitrogens with two attached hydrogens (primary N) is 1. The molecule has 1 aromatic carbocycles. The molecule has 5 unspecified atom stereocenters. The Morgan fingerprint density at radius 1 is 1.40 bits per heavy atom. The third-order valence-electron chi connectivity index (χ3n) is 5.51. The van der Waals surface area contributed by atoms with Crippen molar-refractivity contribution in [2.24, 2.45) is 27.6 Å². The first kappa shape index (κ1) is 22.1. The van der Waals surface area contributed by atoms with E-state index in [1.54, 1.807) is 25.3 Å². The average molecular weight is 414 g/mol. The number of benzene rings is 1. The van der Waals surface area contributed by atoms with Crippen molar-refractivity contribution >= 4 is 23.5 Å². The van der Waals surface area contributed by atoms with Crippen LogP contribution in [-0.2, 0) is 9.53 Å². The number of nitrogens with zero attached hydrogens (tertiary/aromatic N) is 3. The first-order valence-corrected chi connectivity index (χ1v) is 10.3. The van der Waals surface area contributed by atoms with Crippen LogP contribution in [0.4, 0.5) is 5.69 Å². The topological polar surface area (TPSA) is 113 Å². The molecule has 30 heavy (non-hydrogen) atoms. The summed E-state index contributed by atoms with van der Waals surface area (Å²) in [6.45, 7) is 1.06. The van der Waals surface area contributed by atoms with E-state index in [-0.39, 0.29) is 17.7 Å². The zero-order chi connectivity index (χ0) is 21.5. The molecule has 0 bridgehead atoms. The van der Waals surface area contributed by atoms with Crippen LogP contribution in [0.5, 0.6) is 0 Å². The molecular weight excluding hydrogens is 382 g/mol. The van der Waals surface area contributed by atoms with Gasteiger partial charge in [-0.3, -0.25) is 14.8 Å². The summed E-state index contributed by atoms with van der Waals surface area (Å²) in [6, 6.07) is 8.82. The molecule has 3 rings (SSSR count). The summed E-state index contributed by atoms with van der Waals surface area (Å²) in [5.74, 6) is -0.0778. The Morgan fingerprint density at radius 3 is 2.90 bits per heavy atom. The summed E-state index contributed by atoms with van der Waals surface area (Å²) in [4.78, 5) is 23.5. The minimum atomic E-state index is -0.966. The number of hydrogen-bond donors (Lipinski definition) is 3. The van der Waals surface area contributed by atoms with Gasteiger partial charge in [-0.1, -0.05) is 30.4 Å². The van der Waals surface area contributed by atoms with Gasteiger partial charge in [-0.2, -0.15) is 0 Å². The van der Waals surface area contributed by atoms with Crippen LogP contribution >= 0.6 is 0 Å². The zero-order valence-corrected chi connectivity index (χ0v) is 17.5. The number of anilines is 1. The maximum atomic E-state index is 12.7. The van der Waals surface area contributed by atoms with Crippen LogP contribution in [0.25, 0.3) is 0 Å². The number of ether oxygens (including phenoxy) is 1. The summed E-state index contributed by atoms with van der Waals surface area (Å²) in [5, 5.41) is 13.7. The largest absolute Gasteiger partial charge is 0.383 e. The molecule has 8 heteroatoms. The van der Waals surface area contributed by atoms with Crippen molar-refractivity contribution in [2.75, 3.05) is 32.6 Å². The van der Waals surface area contributed by atoms with Gasteiger partial charge in [0.15, 0.2) is 6.23 Å². The molecule has 2 aliphatic rings. The molecule has 1 aromatic rings. The van der Waals surface area contributed by atoms with Crippen molar-refractivity contribution in [1.29, 1.82) is 0 Å². The molecule has 5 atom stereocenters. The molecule has 4 N–H and O–H groups in total. The van der Waals surface area contributed by atoms with Crippen molar-refractivity contribution in [1.82, 2.24) is 4.90 Å². The maximum Gasteiger partial charge on any atom is 0.229 e. The van der Waals surface area contributed by atoms with E-state index in [1.165, 1.54) is 0 Å². The molecule has 1 amide bonds. The van der Waals surface area contributed by atoms with Gasteiger partial charge in [-0.15, -0.1) is 0 Å². The number of carbonyl (C=O) groups excluding carboxylic acids is 1. The van der Waals surface area contributed by atoms with Crippen LogP contribution in [0.15, 0.2) is 52.5 Å². The lowest BCUT2D eigenvalue weighted by molar-refractivity contribution is -0.133.